The molecule has 4 nitrogen and oxygen atoms in total. The Morgan fingerprint density at radius 2 is 1.80 bits per heavy atom. The molecule has 4 rings (SSSR count). The number of rotatable bonds is 6. The Morgan fingerprint density at radius 3 is 2.49 bits per heavy atom. The van der Waals surface area contributed by atoms with Gasteiger partial charge in [0.25, 0.3) is 5.91 Å². The van der Waals surface area contributed by atoms with Crippen LogP contribution in [0, 0.1) is 0 Å². The predicted octanol–water partition coefficient (Wildman–Crippen LogP) is 6.26. The van der Waals surface area contributed by atoms with Gasteiger partial charge in [-0.1, -0.05) is 34.3 Å². The second-order valence-electron chi connectivity index (χ2n) is 8.11. The summed E-state index contributed by atoms with van der Waals surface area (Å²) in [6.45, 7) is 1.35. The van der Waals surface area contributed by atoms with Crippen molar-refractivity contribution < 1.29 is 22.4 Å². The highest BCUT2D eigenvalue weighted by atomic mass is 35.5. The Kier molecular flexibility index (Phi) is 7.98. The van der Waals surface area contributed by atoms with Crippen molar-refractivity contribution in [1.82, 2.24) is 15.4 Å². The monoisotopic (exact) mass is 523 g/mol. The van der Waals surface area contributed by atoms with Gasteiger partial charge in [0, 0.05) is 16.8 Å². The molecule has 2 heterocycles. The Morgan fingerprint density at radius 1 is 1.06 bits per heavy atom. The third-order valence-electron chi connectivity index (χ3n) is 5.69. The van der Waals surface area contributed by atoms with E-state index in [2.05, 4.69) is 16.4 Å². The summed E-state index contributed by atoms with van der Waals surface area (Å²) in [5.41, 5.74) is 2.69. The lowest BCUT2D eigenvalue weighted by molar-refractivity contribution is -0.137. The van der Waals surface area contributed by atoms with Gasteiger partial charge < -0.3 is 5.32 Å². The topological polar surface area (TPSA) is 45.2 Å². The van der Waals surface area contributed by atoms with Crippen molar-refractivity contribution in [3.05, 3.63) is 93.3 Å². The minimum absolute atomic E-state index is 0.0406. The van der Waals surface area contributed by atoms with Crippen LogP contribution in [0.15, 0.2) is 59.6 Å². The minimum Gasteiger partial charge on any atom is -0.316 e. The molecule has 10 heteroatoms. The Labute approximate surface area is 209 Å². The van der Waals surface area contributed by atoms with Gasteiger partial charge in [-0.05, 0) is 73.0 Å². The number of amides is 1. The molecule has 0 atom stereocenters. The molecule has 2 aromatic carbocycles. The van der Waals surface area contributed by atoms with Crippen molar-refractivity contribution in [2.75, 3.05) is 13.1 Å². The number of benzene rings is 2. The average molecular weight is 524 g/mol. The molecule has 1 aromatic heterocycles. The van der Waals surface area contributed by atoms with Crippen LogP contribution in [0.2, 0.25) is 5.02 Å². The lowest BCUT2D eigenvalue weighted by Gasteiger charge is -2.14. The fourth-order valence-corrected chi connectivity index (χ4v) is 5.24. The fraction of sp³-hybridized carbons (Fsp3) is 0.280. The van der Waals surface area contributed by atoms with Crippen LogP contribution in [0.1, 0.15) is 38.3 Å². The van der Waals surface area contributed by atoms with Gasteiger partial charge in [-0.15, -0.1) is 11.8 Å². The first kappa shape index (κ1) is 25.5. The Balaban J connectivity index is 1.38. The van der Waals surface area contributed by atoms with Crippen LogP contribution in [-0.4, -0.2) is 29.1 Å². The summed E-state index contributed by atoms with van der Waals surface area (Å²) in [6, 6.07) is 11.1. The quantitative estimate of drug-likeness (QED) is 0.235. The number of carbonyl (C=O) groups is 1. The Hall–Kier alpha value is -2.62. The van der Waals surface area contributed by atoms with Crippen LogP contribution >= 0.6 is 23.4 Å². The molecule has 1 amide bonds. The predicted molar refractivity (Wildman–Crippen MR) is 128 cm³/mol. The van der Waals surface area contributed by atoms with Gasteiger partial charge in [0.15, 0.2) is 0 Å². The number of hydrogen-bond acceptors (Lipinski definition) is 4. The molecule has 0 saturated carbocycles. The first-order valence-corrected chi connectivity index (χ1v) is 12.3. The van der Waals surface area contributed by atoms with E-state index in [9.17, 15) is 22.4 Å². The largest absolute Gasteiger partial charge is 0.416 e. The van der Waals surface area contributed by atoms with Crippen molar-refractivity contribution in [2.24, 2.45) is 0 Å². The fourth-order valence-electron chi connectivity index (χ4n) is 3.82. The molecule has 0 aliphatic carbocycles. The molecule has 0 saturated heterocycles. The number of halogens is 5. The van der Waals surface area contributed by atoms with Gasteiger partial charge in [0.05, 0.1) is 28.4 Å². The molecule has 0 fully saturated rings. The SMILES string of the molecule is O=C(c1ccc(CSc2c(Cl)ccc3c2CCNCC3)nc1)N(F)Cc1ccc(C(F)(F)F)cc1. The van der Waals surface area contributed by atoms with Gasteiger partial charge in [-0.2, -0.15) is 18.3 Å². The van der Waals surface area contributed by atoms with E-state index in [1.165, 1.54) is 23.4 Å². The van der Waals surface area contributed by atoms with E-state index >= 15 is 0 Å². The van der Waals surface area contributed by atoms with Gasteiger partial charge in [-0.25, -0.2) is 0 Å². The summed E-state index contributed by atoms with van der Waals surface area (Å²) >= 11 is 8.05. The molecule has 1 aliphatic rings. The maximum Gasteiger partial charge on any atom is 0.416 e. The highest BCUT2D eigenvalue weighted by molar-refractivity contribution is 7.98. The molecule has 0 radical (unpaired) electrons. The summed E-state index contributed by atoms with van der Waals surface area (Å²) in [5, 5.41) is 4.04. The lowest BCUT2D eigenvalue weighted by Crippen LogP contribution is -2.22. The standard InChI is InChI=1S/C25H22ClF4N3OS/c26-22-8-4-17-9-11-31-12-10-21(17)23(22)35-15-20-7-3-18(13-32-20)24(34)33(30)14-16-1-5-19(6-2-16)25(27,28)29/h1-8,13,31H,9-12,14-15H2. The molecule has 1 aliphatic heterocycles. The third-order valence-corrected chi connectivity index (χ3v) is 7.31. The molecular formula is C25H22ClF4N3OS. The number of alkyl halides is 3. The lowest BCUT2D eigenvalue weighted by atomic mass is 10.0. The van der Waals surface area contributed by atoms with Crippen molar-refractivity contribution >= 4 is 29.3 Å². The van der Waals surface area contributed by atoms with E-state index in [-0.39, 0.29) is 16.2 Å². The smallest absolute Gasteiger partial charge is 0.316 e. The van der Waals surface area contributed by atoms with Gasteiger partial charge in [0.1, 0.15) is 0 Å². The van der Waals surface area contributed by atoms with Crippen LogP contribution in [0.3, 0.4) is 0 Å². The number of aromatic nitrogens is 1. The molecule has 0 unspecified atom stereocenters. The first-order chi connectivity index (χ1) is 16.7. The van der Waals surface area contributed by atoms with E-state index in [0.717, 1.165) is 55.1 Å². The summed E-state index contributed by atoms with van der Waals surface area (Å²) in [7, 11) is 0. The highest BCUT2D eigenvalue weighted by Gasteiger charge is 2.30. The molecular weight excluding hydrogens is 502 g/mol. The van der Waals surface area contributed by atoms with Crippen molar-refractivity contribution in [2.45, 2.75) is 36.2 Å². The van der Waals surface area contributed by atoms with E-state index < -0.39 is 24.2 Å². The summed E-state index contributed by atoms with van der Waals surface area (Å²) < 4.78 is 52.4. The van der Waals surface area contributed by atoms with Gasteiger partial charge in [0.2, 0.25) is 0 Å². The van der Waals surface area contributed by atoms with Crippen molar-refractivity contribution in [1.29, 1.82) is 0 Å². The molecule has 1 N–H and O–H groups in total. The summed E-state index contributed by atoms with van der Waals surface area (Å²) in [6.07, 6.45) is -1.34. The maximum atomic E-state index is 14.4. The van der Waals surface area contributed by atoms with E-state index in [1.807, 2.05) is 6.07 Å². The zero-order valence-electron chi connectivity index (χ0n) is 18.5. The zero-order chi connectivity index (χ0) is 25.0. The van der Waals surface area contributed by atoms with E-state index in [0.29, 0.717) is 16.5 Å². The third kappa shape index (κ3) is 6.34. The number of nitrogens with zero attached hydrogens (tertiary/aromatic N) is 2. The van der Waals surface area contributed by atoms with Crippen LogP contribution in [-0.2, 0) is 31.3 Å². The van der Waals surface area contributed by atoms with Crippen LogP contribution < -0.4 is 5.32 Å². The molecule has 35 heavy (non-hydrogen) atoms. The average Bonchev–Trinajstić information content (AvgIpc) is 3.09. The molecule has 184 valence electrons. The van der Waals surface area contributed by atoms with Gasteiger partial charge in [-0.3, -0.25) is 9.78 Å². The first-order valence-electron chi connectivity index (χ1n) is 10.9. The number of nitrogens with one attached hydrogen (secondary N) is 1. The molecule has 0 bridgehead atoms. The van der Waals surface area contributed by atoms with Crippen molar-refractivity contribution in [3.63, 3.8) is 0 Å². The molecule has 0 spiro atoms. The zero-order valence-corrected chi connectivity index (χ0v) is 20.1. The number of carbonyl (C=O) groups excluding carboxylic acids is 1. The molecule has 3 aromatic rings. The number of hydrogen-bond donors (Lipinski definition) is 1. The van der Waals surface area contributed by atoms with E-state index in [4.69, 9.17) is 11.6 Å². The van der Waals surface area contributed by atoms with Crippen LogP contribution in [0.25, 0.3) is 0 Å². The Bertz CT molecular complexity index is 1190. The highest BCUT2D eigenvalue weighted by Crippen LogP contribution is 2.36. The van der Waals surface area contributed by atoms with Crippen molar-refractivity contribution in [3.8, 4) is 0 Å². The number of pyridine rings is 1. The summed E-state index contributed by atoms with van der Waals surface area (Å²) in [5.74, 6) is -0.385. The van der Waals surface area contributed by atoms with E-state index in [1.54, 1.807) is 17.8 Å². The van der Waals surface area contributed by atoms with Crippen LogP contribution in [0.5, 0.6) is 0 Å². The summed E-state index contributed by atoms with van der Waals surface area (Å²) in [4.78, 5) is 17.7. The number of fused-ring (bicyclic) bond motifs is 1. The minimum atomic E-state index is -4.48. The second kappa shape index (κ2) is 11.0. The normalized spacial score (nSPS) is 13.7. The maximum absolute atomic E-state index is 14.4. The number of thioether (sulfide) groups is 1. The van der Waals surface area contributed by atoms with Gasteiger partial charge >= 0.3 is 6.18 Å². The van der Waals surface area contributed by atoms with Crippen LogP contribution in [0.4, 0.5) is 17.7 Å². The second-order valence-corrected chi connectivity index (χ2v) is 9.50.